The zero-order valence-electron chi connectivity index (χ0n) is 16.6. The first-order valence-electron chi connectivity index (χ1n) is 8.60. The minimum absolute atomic E-state index is 0.0496. The maximum atomic E-state index is 12.5. The number of nitrogens with one attached hydrogen (secondary N) is 1. The third-order valence-electron chi connectivity index (χ3n) is 4.68. The highest BCUT2D eigenvalue weighted by Crippen LogP contribution is 2.33. The minimum Gasteiger partial charge on any atom is -0.497 e. The Bertz CT molecular complexity index is 814. The van der Waals surface area contributed by atoms with Gasteiger partial charge in [-0.3, -0.25) is 9.69 Å². The molecule has 2 rings (SSSR count). The standard InChI is InChI=1S/C20H26N2O4S/c1-12-14(3)27-19(18(12)20(24)26-6)21-17(23)11-22(4)13(2)15-7-9-16(25-5)10-8-15/h7-10,13H,11H2,1-6H3,(H,21,23). The fraction of sp³-hybridized carbons (Fsp3) is 0.400. The van der Waals surface area contributed by atoms with Crippen LogP contribution in [0.15, 0.2) is 24.3 Å². The van der Waals surface area contributed by atoms with Crippen LogP contribution in [0.3, 0.4) is 0 Å². The molecule has 1 aromatic heterocycles. The average Bonchev–Trinajstić information content (AvgIpc) is 2.93. The van der Waals surface area contributed by atoms with E-state index in [2.05, 4.69) is 5.32 Å². The first kappa shape index (κ1) is 20.9. The highest BCUT2D eigenvalue weighted by molar-refractivity contribution is 7.16. The lowest BCUT2D eigenvalue weighted by Gasteiger charge is -2.24. The van der Waals surface area contributed by atoms with Gasteiger partial charge in [0.05, 0.1) is 26.3 Å². The summed E-state index contributed by atoms with van der Waals surface area (Å²) >= 11 is 1.38. The number of amides is 1. The Morgan fingerprint density at radius 1 is 1.19 bits per heavy atom. The number of methoxy groups -OCH3 is 2. The molecular formula is C20H26N2O4S. The molecule has 1 unspecified atom stereocenters. The van der Waals surface area contributed by atoms with Crippen LogP contribution in [-0.2, 0) is 9.53 Å². The Labute approximate surface area is 164 Å². The average molecular weight is 391 g/mol. The molecular weight excluding hydrogens is 364 g/mol. The highest BCUT2D eigenvalue weighted by atomic mass is 32.1. The van der Waals surface area contributed by atoms with Gasteiger partial charge in [-0.25, -0.2) is 4.79 Å². The molecule has 0 aliphatic rings. The van der Waals surface area contributed by atoms with E-state index < -0.39 is 5.97 Å². The second kappa shape index (κ2) is 9.01. The molecule has 1 N–H and O–H groups in total. The monoisotopic (exact) mass is 390 g/mol. The maximum absolute atomic E-state index is 12.5. The molecule has 146 valence electrons. The van der Waals surface area contributed by atoms with Gasteiger partial charge in [-0.1, -0.05) is 12.1 Å². The normalized spacial score (nSPS) is 12.0. The number of carbonyl (C=O) groups is 2. The van der Waals surface area contributed by atoms with E-state index in [0.29, 0.717) is 10.6 Å². The van der Waals surface area contributed by atoms with Crippen molar-refractivity contribution >= 4 is 28.2 Å². The molecule has 0 fully saturated rings. The van der Waals surface area contributed by atoms with Crippen molar-refractivity contribution in [2.75, 3.05) is 33.1 Å². The summed E-state index contributed by atoms with van der Waals surface area (Å²) in [6, 6.07) is 7.83. The van der Waals surface area contributed by atoms with E-state index in [-0.39, 0.29) is 18.5 Å². The van der Waals surface area contributed by atoms with Crippen molar-refractivity contribution in [1.29, 1.82) is 0 Å². The van der Waals surface area contributed by atoms with Gasteiger partial charge in [0.1, 0.15) is 10.8 Å². The molecule has 0 bridgehead atoms. The van der Waals surface area contributed by atoms with Gasteiger partial charge in [-0.2, -0.15) is 0 Å². The van der Waals surface area contributed by atoms with E-state index in [1.54, 1.807) is 7.11 Å². The van der Waals surface area contributed by atoms with Gasteiger partial charge in [0.2, 0.25) is 5.91 Å². The van der Waals surface area contributed by atoms with Crippen molar-refractivity contribution < 1.29 is 19.1 Å². The first-order chi connectivity index (χ1) is 12.8. The third kappa shape index (κ3) is 4.87. The Morgan fingerprint density at radius 2 is 1.81 bits per heavy atom. The number of thiophene rings is 1. The Morgan fingerprint density at radius 3 is 2.37 bits per heavy atom. The number of hydrogen-bond donors (Lipinski definition) is 1. The number of ether oxygens (including phenoxy) is 2. The van der Waals surface area contributed by atoms with Gasteiger partial charge < -0.3 is 14.8 Å². The summed E-state index contributed by atoms with van der Waals surface area (Å²) in [6.45, 7) is 6.00. The summed E-state index contributed by atoms with van der Waals surface area (Å²) < 4.78 is 10.0. The summed E-state index contributed by atoms with van der Waals surface area (Å²) in [5.74, 6) is 0.182. The van der Waals surface area contributed by atoms with Gasteiger partial charge in [0, 0.05) is 10.9 Å². The quantitative estimate of drug-likeness (QED) is 0.729. The van der Waals surface area contributed by atoms with Crippen molar-refractivity contribution in [2.45, 2.75) is 26.8 Å². The Balaban J connectivity index is 2.06. The van der Waals surface area contributed by atoms with Crippen LogP contribution in [0.1, 0.15) is 39.3 Å². The minimum atomic E-state index is -0.438. The number of aryl methyl sites for hydroxylation is 1. The molecule has 1 aromatic carbocycles. The fourth-order valence-corrected chi connectivity index (χ4v) is 3.79. The maximum Gasteiger partial charge on any atom is 0.341 e. The van der Waals surface area contributed by atoms with Crippen LogP contribution in [0, 0.1) is 13.8 Å². The smallest absolute Gasteiger partial charge is 0.341 e. The van der Waals surface area contributed by atoms with E-state index >= 15 is 0 Å². The van der Waals surface area contributed by atoms with Gasteiger partial charge in [0.15, 0.2) is 0 Å². The van der Waals surface area contributed by atoms with Crippen LogP contribution in [-0.4, -0.2) is 44.6 Å². The molecule has 0 aliphatic heterocycles. The van der Waals surface area contributed by atoms with Crippen molar-refractivity contribution in [3.8, 4) is 5.75 Å². The van der Waals surface area contributed by atoms with Crippen LogP contribution >= 0.6 is 11.3 Å². The molecule has 0 saturated heterocycles. The predicted octanol–water partition coefficient (Wildman–Crippen LogP) is 3.79. The van der Waals surface area contributed by atoms with Crippen molar-refractivity contribution in [3.63, 3.8) is 0 Å². The Hall–Kier alpha value is -2.38. The summed E-state index contributed by atoms with van der Waals surface area (Å²) in [5.41, 5.74) is 2.35. The van der Waals surface area contributed by atoms with Crippen molar-refractivity contribution in [1.82, 2.24) is 4.90 Å². The van der Waals surface area contributed by atoms with Crippen molar-refractivity contribution in [3.05, 3.63) is 45.8 Å². The number of benzene rings is 1. The Kier molecular flexibility index (Phi) is 6.98. The molecule has 27 heavy (non-hydrogen) atoms. The molecule has 0 aliphatic carbocycles. The molecule has 0 spiro atoms. The van der Waals surface area contributed by atoms with E-state index in [4.69, 9.17) is 9.47 Å². The van der Waals surface area contributed by atoms with Crippen molar-refractivity contribution in [2.24, 2.45) is 0 Å². The highest BCUT2D eigenvalue weighted by Gasteiger charge is 2.22. The fourth-order valence-electron chi connectivity index (χ4n) is 2.73. The molecule has 7 heteroatoms. The topological polar surface area (TPSA) is 67.9 Å². The lowest BCUT2D eigenvalue weighted by atomic mass is 10.1. The van der Waals surface area contributed by atoms with Gasteiger partial charge in [-0.15, -0.1) is 11.3 Å². The zero-order valence-corrected chi connectivity index (χ0v) is 17.4. The number of nitrogens with zero attached hydrogens (tertiary/aromatic N) is 1. The summed E-state index contributed by atoms with van der Waals surface area (Å²) in [7, 11) is 4.86. The second-order valence-corrected chi connectivity index (χ2v) is 7.62. The van der Waals surface area contributed by atoms with Gasteiger partial charge in [-0.05, 0) is 51.1 Å². The largest absolute Gasteiger partial charge is 0.497 e. The van der Waals surface area contributed by atoms with E-state index in [0.717, 1.165) is 21.8 Å². The molecule has 1 atom stereocenters. The van der Waals surface area contributed by atoms with Gasteiger partial charge >= 0.3 is 5.97 Å². The molecule has 6 nitrogen and oxygen atoms in total. The number of likely N-dealkylation sites (N-methyl/N-ethyl adjacent to an activating group) is 1. The zero-order chi connectivity index (χ0) is 20.1. The van der Waals surface area contributed by atoms with Crippen LogP contribution < -0.4 is 10.1 Å². The molecule has 2 aromatic rings. The summed E-state index contributed by atoms with van der Waals surface area (Å²) in [6.07, 6.45) is 0. The van der Waals surface area contributed by atoms with E-state index in [1.165, 1.54) is 18.4 Å². The third-order valence-corrected chi connectivity index (χ3v) is 5.80. The number of carbonyl (C=O) groups excluding carboxylic acids is 2. The van der Waals surface area contributed by atoms with Crippen LogP contribution in [0.2, 0.25) is 0 Å². The predicted molar refractivity (Wildman–Crippen MR) is 108 cm³/mol. The molecule has 1 amide bonds. The number of anilines is 1. The lowest BCUT2D eigenvalue weighted by molar-refractivity contribution is -0.117. The summed E-state index contributed by atoms with van der Waals surface area (Å²) in [5, 5.41) is 3.39. The molecule has 1 heterocycles. The molecule has 0 saturated carbocycles. The van der Waals surface area contributed by atoms with Crippen LogP contribution in [0.25, 0.3) is 0 Å². The summed E-state index contributed by atoms with van der Waals surface area (Å²) in [4.78, 5) is 27.5. The van der Waals surface area contributed by atoms with E-state index in [1.807, 2.05) is 57.0 Å². The number of rotatable bonds is 7. The lowest BCUT2D eigenvalue weighted by Crippen LogP contribution is -2.32. The first-order valence-corrected chi connectivity index (χ1v) is 9.42. The number of hydrogen-bond acceptors (Lipinski definition) is 6. The van der Waals surface area contributed by atoms with Crippen LogP contribution in [0.4, 0.5) is 5.00 Å². The number of esters is 1. The second-order valence-electron chi connectivity index (χ2n) is 6.39. The van der Waals surface area contributed by atoms with Gasteiger partial charge in [0.25, 0.3) is 0 Å². The van der Waals surface area contributed by atoms with E-state index in [9.17, 15) is 9.59 Å². The SMILES string of the molecule is COC(=O)c1c(NC(=O)CN(C)C(C)c2ccc(OC)cc2)sc(C)c1C. The van der Waals surface area contributed by atoms with Crippen LogP contribution in [0.5, 0.6) is 5.75 Å². The molecule has 0 radical (unpaired) electrons.